The number of carbonyl (C=O) groups excluding carboxylic acids is 1. The van der Waals surface area contributed by atoms with Crippen LogP contribution in [0.5, 0.6) is 0 Å². The molecule has 0 bridgehead atoms. The van der Waals surface area contributed by atoms with Gasteiger partial charge in [0.25, 0.3) is 5.91 Å². The van der Waals surface area contributed by atoms with E-state index in [-0.39, 0.29) is 5.91 Å². The highest BCUT2D eigenvalue weighted by molar-refractivity contribution is 8.01. The fourth-order valence-electron chi connectivity index (χ4n) is 2.86. The second kappa shape index (κ2) is 8.50. The molecule has 28 heavy (non-hydrogen) atoms. The Morgan fingerprint density at radius 2 is 1.86 bits per heavy atom. The van der Waals surface area contributed by atoms with Gasteiger partial charge in [-0.3, -0.25) is 4.79 Å². The van der Waals surface area contributed by atoms with Crippen molar-refractivity contribution in [3.05, 3.63) is 76.8 Å². The predicted molar refractivity (Wildman–Crippen MR) is 113 cm³/mol. The molecule has 0 aliphatic carbocycles. The number of benzene rings is 2. The summed E-state index contributed by atoms with van der Waals surface area (Å²) in [6.07, 6.45) is 0.793. The van der Waals surface area contributed by atoms with Crippen LogP contribution in [0.4, 0.5) is 0 Å². The standard InChI is InChI=1S/C21H18N4OS2/c1-14-24-25-21(27-14)28-19-13-17(16-9-5-6-10-18(16)23-19)20(26)22-12-11-15-7-3-2-4-8-15/h2-10,13H,11-12H2,1H3,(H,22,26). The molecule has 0 spiro atoms. The molecule has 7 heteroatoms. The minimum Gasteiger partial charge on any atom is -0.352 e. The number of fused-ring (bicyclic) bond motifs is 1. The number of nitrogens with one attached hydrogen (secondary N) is 1. The second-order valence-corrected chi connectivity index (χ2v) is 8.65. The van der Waals surface area contributed by atoms with E-state index in [2.05, 4.69) is 32.6 Å². The van der Waals surface area contributed by atoms with E-state index in [1.54, 1.807) is 0 Å². The zero-order valence-corrected chi connectivity index (χ0v) is 16.9. The zero-order valence-electron chi connectivity index (χ0n) is 15.3. The van der Waals surface area contributed by atoms with Crippen LogP contribution in [0.25, 0.3) is 10.9 Å². The topological polar surface area (TPSA) is 67.8 Å². The van der Waals surface area contributed by atoms with Crippen molar-refractivity contribution in [3.63, 3.8) is 0 Å². The monoisotopic (exact) mass is 406 g/mol. The number of nitrogens with zero attached hydrogens (tertiary/aromatic N) is 3. The molecule has 1 N–H and O–H groups in total. The summed E-state index contributed by atoms with van der Waals surface area (Å²) in [4.78, 5) is 17.6. The number of hydrogen-bond acceptors (Lipinski definition) is 6. The summed E-state index contributed by atoms with van der Waals surface area (Å²) >= 11 is 2.94. The highest BCUT2D eigenvalue weighted by atomic mass is 32.2. The Morgan fingerprint density at radius 3 is 2.64 bits per heavy atom. The molecule has 0 saturated heterocycles. The lowest BCUT2D eigenvalue weighted by Crippen LogP contribution is -2.26. The molecule has 0 radical (unpaired) electrons. The number of aryl methyl sites for hydroxylation is 1. The van der Waals surface area contributed by atoms with Crippen molar-refractivity contribution in [1.82, 2.24) is 20.5 Å². The van der Waals surface area contributed by atoms with E-state index < -0.39 is 0 Å². The molecule has 4 aromatic rings. The average Bonchev–Trinajstić information content (AvgIpc) is 3.12. The number of rotatable bonds is 6. The van der Waals surface area contributed by atoms with Crippen molar-refractivity contribution < 1.29 is 4.79 Å². The maximum absolute atomic E-state index is 12.9. The highest BCUT2D eigenvalue weighted by Crippen LogP contribution is 2.31. The maximum atomic E-state index is 12.9. The first-order valence-corrected chi connectivity index (χ1v) is 10.5. The Balaban J connectivity index is 1.56. The van der Waals surface area contributed by atoms with Crippen molar-refractivity contribution in [3.8, 4) is 0 Å². The van der Waals surface area contributed by atoms with Gasteiger partial charge in [-0.2, -0.15) is 0 Å². The second-order valence-electron chi connectivity index (χ2n) is 6.21. The van der Waals surface area contributed by atoms with Crippen molar-refractivity contribution in [1.29, 1.82) is 0 Å². The molecule has 0 unspecified atom stereocenters. The summed E-state index contributed by atoms with van der Waals surface area (Å²) in [6.45, 7) is 2.50. The lowest BCUT2D eigenvalue weighted by molar-refractivity contribution is 0.0955. The number of amides is 1. The summed E-state index contributed by atoms with van der Waals surface area (Å²) in [7, 11) is 0. The smallest absolute Gasteiger partial charge is 0.252 e. The summed E-state index contributed by atoms with van der Waals surface area (Å²) in [5.41, 5.74) is 2.62. The van der Waals surface area contributed by atoms with E-state index in [0.29, 0.717) is 12.1 Å². The van der Waals surface area contributed by atoms with E-state index >= 15 is 0 Å². The van der Waals surface area contributed by atoms with Crippen molar-refractivity contribution in [2.24, 2.45) is 0 Å². The number of carbonyl (C=O) groups is 1. The molecule has 1 amide bonds. The van der Waals surface area contributed by atoms with Gasteiger partial charge < -0.3 is 5.32 Å². The fourth-order valence-corrected chi connectivity index (χ4v) is 4.64. The van der Waals surface area contributed by atoms with E-state index in [0.717, 1.165) is 31.7 Å². The van der Waals surface area contributed by atoms with Gasteiger partial charge in [0.05, 0.1) is 11.1 Å². The maximum Gasteiger partial charge on any atom is 0.252 e. The molecular formula is C21H18N4OS2. The predicted octanol–water partition coefficient (Wildman–Crippen LogP) is 4.52. The Kier molecular flexibility index (Phi) is 5.64. The summed E-state index contributed by atoms with van der Waals surface area (Å²) in [6, 6.07) is 19.7. The third-order valence-electron chi connectivity index (χ3n) is 4.18. The third kappa shape index (κ3) is 4.37. The SMILES string of the molecule is Cc1nnc(Sc2cc(C(=O)NCCc3ccccc3)c3ccccc3n2)s1. The minimum atomic E-state index is -0.0928. The Morgan fingerprint density at radius 1 is 1.07 bits per heavy atom. The Bertz CT molecular complexity index is 1110. The normalized spacial score (nSPS) is 10.9. The first-order valence-electron chi connectivity index (χ1n) is 8.89. The van der Waals surface area contributed by atoms with Crippen LogP contribution in [0.2, 0.25) is 0 Å². The summed E-state index contributed by atoms with van der Waals surface area (Å²) < 4.78 is 0.815. The Hall–Kier alpha value is -2.77. The van der Waals surface area contributed by atoms with E-state index in [1.807, 2.05) is 55.5 Å². The van der Waals surface area contributed by atoms with Gasteiger partial charge in [-0.1, -0.05) is 59.9 Å². The van der Waals surface area contributed by atoms with Crippen LogP contribution >= 0.6 is 23.1 Å². The first-order chi connectivity index (χ1) is 13.7. The van der Waals surface area contributed by atoms with Crippen LogP contribution in [0, 0.1) is 6.92 Å². The van der Waals surface area contributed by atoms with Gasteiger partial charge in [-0.25, -0.2) is 4.98 Å². The molecule has 0 saturated carbocycles. The molecule has 2 aromatic heterocycles. The van der Waals surface area contributed by atoms with Gasteiger partial charge in [0.15, 0.2) is 4.34 Å². The minimum absolute atomic E-state index is 0.0928. The van der Waals surface area contributed by atoms with E-state index in [9.17, 15) is 4.79 Å². The zero-order chi connectivity index (χ0) is 19.3. The molecule has 0 aliphatic rings. The van der Waals surface area contributed by atoms with Gasteiger partial charge in [-0.15, -0.1) is 10.2 Å². The van der Waals surface area contributed by atoms with Gasteiger partial charge in [-0.05, 0) is 42.8 Å². The molecule has 140 valence electrons. The quantitative estimate of drug-likeness (QED) is 0.510. The third-order valence-corrected chi connectivity index (χ3v) is 5.99. The molecule has 4 rings (SSSR count). The number of aromatic nitrogens is 3. The number of para-hydroxylation sites is 1. The molecule has 0 aliphatic heterocycles. The van der Waals surface area contributed by atoms with Crippen LogP contribution in [-0.2, 0) is 6.42 Å². The van der Waals surface area contributed by atoms with Crippen LogP contribution in [-0.4, -0.2) is 27.6 Å². The van der Waals surface area contributed by atoms with Crippen LogP contribution in [0.1, 0.15) is 20.9 Å². The van der Waals surface area contributed by atoms with Gasteiger partial charge >= 0.3 is 0 Å². The largest absolute Gasteiger partial charge is 0.352 e. The molecule has 2 heterocycles. The molecule has 0 fully saturated rings. The van der Waals surface area contributed by atoms with Gasteiger partial charge in [0, 0.05) is 11.9 Å². The Labute approximate surface area is 171 Å². The van der Waals surface area contributed by atoms with Crippen molar-refractivity contribution in [2.75, 3.05) is 6.54 Å². The lowest BCUT2D eigenvalue weighted by atomic mass is 10.1. The average molecular weight is 407 g/mol. The lowest BCUT2D eigenvalue weighted by Gasteiger charge is -2.10. The first kappa shape index (κ1) is 18.6. The molecule has 0 atom stereocenters. The summed E-state index contributed by atoms with van der Waals surface area (Å²) in [5, 5.41) is 13.7. The van der Waals surface area contributed by atoms with Gasteiger partial charge in [0.1, 0.15) is 10.0 Å². The van der Waals surface area contributed by atoms with Crippen molar-refractivity contribution >= 4 is 39.9 Å². The van der Waals surface area contributed by atoms with E-state index in [4.69, 9.17) is 0 Å². The van der Waals surface area contributed by atoms with Crippen LogP contribution in [0.3, 0.4) is 0 Å². The fraction of sp³-hybridized carbons (Fsp3) is 0.143. The molecular weight excluding hydrogens is 388 g/mol. The highest BCUT2D eigenvalue weighted by Gasteiger charge is 2.14. The molecule has 2 aromatic carbocycles. The summed E-state index contributed by atoms with van der Waals surface area (Å²) in [5.74, 6) is -0.0928. The number of pyridine rings is 1. The molecule has 5 nitrogen and oxygen atoms in total. The van der Waals surface area contributed by atoms with Crippen molar-refractivity contribution in [2.45, 2.75) is 22.7 Å². The van der Waals surface area contributed by atoms with Crippen LogP contribution in [0.15, 0.2) is 70.0 Å². The van der Waals surface area contributed by atoms with E-state index in [1.165, 1.54) is 28.7 Å². The number of hydrogen-bond donors (Lipinski definition) is 1. The van der Waals surface area contributed by atoms with Gasteiger partial charge in [0.2, 0.25) is 0 Å². The van der Waals surface area contributed by atoms with Crippen LogP contribution < -0.4 is 5.32 Å².